The van der Waals surface area contributed by atoms with Crippen molar-refractivity contribution in [2.24, 2.45) is 0 Å². The molecule has 1 aliphatic heterocycles. The van der Waals surface area contributed by atoms with Gasteiger partial charge in [-0.3, -0.25) is 9.59 Å². The Morgan fingerprint density at radius 1 is 0.968 bits per heavy atom. The van der Waals surface area contributed by atoms with Crippen molar-refractivity contribution in [1.29, 1.82) is 0 Å². The summed E-state index contributed by atoms with van der Waals surface area (Å²) < 4.78 is 30.1. The van der Waals surface area contributed by atoms with Crippen LogP contribution in [-0.4, -0.2) is 43.5 Å². The third-order valence-electron chi connectivity index (χ3n) is 5.32. The second-order valence-electron chi connectivity index (χ2n) is 7.32. The summed E-state index contributed by atoms with van der Waals surface area (Å²) in [5, 5.41) is 2.70. The first-order valence-electron chi connectivity index (χ1n) is 9.92. The number of fused-ring (bicyclic) bond motifs is 1. The minimum atomic E-state index is -3.51. The summed E-state index contributed by atoms with van der Waals surface area (Å²) in [6.07, 6.45) is 1.76. The molecule has 160 valence electrons. The van der Waals surface area contributed by atoms with Crippen LogP contribution in [0.3, 0.4) is 0 Å². The Balaban J connectivity index is 1.48. The highest BCUT2D eigenvalue weighted by molar-refractivity contribution is 7.91. The molecule has 31 heavy (non-hydrogen) atoms. The molecule has 0 saturated carbocycles. The molecular weight excluding hydrogens is 416 g/mol. The number of carbonyl (C=O) groups excluding carboxylic acids is 2. The highest BCUT2D eigenvalue weighted by Gasteiger charge is 2.35. The van der Waals surface area contributed by atoms with Crippen LogP contribution in [-0.2, 0) is 27.6 Å². The van der Waals surface area contributed by atoms with Gasteiger partial charge in [0.05, 0.1) is 16.9 Å². The molecule has 0 aliphatic carbocycles. The number of sulfone groups is 1. The van der Waals surface area contributed by atoms with Gasteiger partial charge in [0, 0.05) is 19.5 Å². The van der Waals surface area contributed by atoms with Gasteiger partial charge in [-0.05, 0) is 35.4 Å². The molecule has 1 aliphatic rings. The Labute approximate surface area is 180 Å². The highest BCUT2D eigenvalue weighted by Crippen LogP contribution is 2.25. The SMILES string of the molecule is O=C(NCCS(=O)(=O)c1ccccc1)C1Cc2ccccc2CN1C(=O)c1ccco1. The second-order valence-corrected chi connectivity index (χ2v) is 9.43. The second kappa shape index (κ2) is 8.77. The number of hydrogen-bond acceptors (Lipinski definition) is 5. The molecule has 1 atom stereocenters. The van der Waals surface area contributed by atoms with Crippen LogP contribution >= 0.6 is 0 Å². The average Bonchev–Trinajstić information content (AvgIpc) is 3.33. The summed E-state index contributed by atoms with van der Waals surface area (Å²) in [5.41, 5.74) is 1.96. The van der Waals surface area contributed by atoms with E-state index in [2.05, 4.69) is 5.32 Å². The fourth-order valence-electron chi connectivity index (χ4n) is 3.68. The van der Waals surface area contributed by atoms with Gasteiger partial charge in [-0.2, -0.15) is 0 Å². The van der Waals surface area contributed by atoms with E-state index in [0.717, 1.165) is 11.1 Å². The van der Waals surface area contributed by atoms with Crippen LogP contribution in [0.1, 0.15) is 21.7 Å². The fraction of sp³-hybridized carbons (Fsp3) is 0.217. The van der Waals surface area contributed by atoms with E-state index in [1.54, 1.807) is 30.3 Å². The highest BCUT2D eigenvalue weighted by atomic mass is 32.2. The Morgan fingerprint density at radius 3 is 2.39 bits per heavy atom. The van der Waals surface area contributed by atoms with E-state index in [4.69, 9.17) is 4.42 Å². The summed E-state index contributed by atoms with van der Waals surface area (Å²) >= 11 is 0. The molecule has 7 nitrogen and oxygen atoms in total. The third kappa shape index (κ3) is 4.54. The van der Waals surface area contributed by atoms with Crippen molar-refractivity contribution in [1.82, 2.24) is 10.2 Å². The molecular formula is C23H22N2O5S. The number of nitrogens with one attached hydrogen (secondary N) is 1. The first-order valence-corrected chi connectivity index (χ1v) is 11.6. The average molecular weight is 439 g/mol. The van der Waals surface area contributed by atoms with Crippen LogP contribution in [0.5, 0.6) is 0 Å². The van der Waals surface area contributed by atoms with E-state index in [9.17, 15) is 18.0 Å². The fourth-order valence-corrected chi connectivity index (χ4v) is 4.86. The number of furan rings is 1. The zero-order valence-corrected chi connectivity index (χ0v) is 17.5. The molecule has 2 aromatic carbocycles. The first kappa shape index (κ1) is 20.9. The largest absolute Gasteiger partial charge is 0.459 e. The van der Waals surface area contributed by atoms with Crippen molar-refractivity contribution < 1.29 is 22.4 Å². The Morgan fingerprint density at radius 2 is 1.68 bits per heavy atom. The Bertz CT molecular complexity index is 1170. The van der Waals surface area contributed by atoms with Gasteiger partial charge in [-0.25, -0.2) is 8.42 Å². The van der Waals surface area contributed by atoms with Crippen molar-refractivity contribution in [3.8, 4) is 0 Å². The van der Waals surface area contributed by atoms with E-state index >= 15 is 0 Å². The molecule has 8 heteroatoms. The zero-order valence-electron chi connectivity index (χ0n) is 16.7. The molecule has 0 spiro atoms. The van der Waals surface area contributed by atoms with Crippen molar-refractivity contribution in [3.63, 3.8) is 0 Å². The van der Waals surface area contributed by atoms with Gasteiger partial charge in [-0.15, -0.1) is 0 Å². The number of carbonyl (C=O) groups is 2. The van der Waals surface area contributed by atoms with Gasteiger partial charge in [0.15, 0.2) is 15.6 Å². The summed E-state index contributed by atoms with van der Waals surface area (Å²) in [7, 11) is -3.51. The number of nitrogens with zero attached hydrogens (tertiary/aromatic N) is 1. The lowest BCUT2D eigenvalue weighted by atomic mass is 9.93. The van der Waals surface area contributed by atoms with Crippen molar-refractivity contribution in [2.45, 2.75) is 23.9 Å². The van der Waals surface area contributed by atoms with Crippen LogP contribution in [0.4, 0.5) is 0 Å². The van der Waals surface area contributed by atoms with Crippen LogP contribution < -0.4 is 5.32 Å². The number of benzene rings is 2. The Kier molecular flexibility index (Phi) is 5.90. The normalized spacial score (nSPS) is 15.9. The summed E-state index contributed by atoms with van der Waals surface area (Å²) in [5.74, 6) is -0.837. The minimum Gasteiger partial charge on any atom is -0.459 e. The predicted molar refractivity (Wildman–Crippen MR) is 114 cm³/mol. The lowest BCUT2D eigenvalue weighted by Crippen LogP contribution is -2.53. The molecule has 0 radical (unpaired) electrons. The smallest absolute Gasteiger partial charge is 0.290 e. The van der Waals surface area contributed by atoms with Crippen LogP contribution in [0, 0.1) is 0 Å². The molecule has 4 rings (SSSR count). The summed E-state index contributed by atoms with van der Waals surface area (Å²) in [6, 6.07) is 18.2. The Hall–Kier alpha value is -3.39. The third-order valence-corrected chi connectivity index (χ3v) is 7.05. The van der Waals surface area contributed by atoms with Crippen LogP contribution in [0.15, 0.2) is 82.3 Å². The van der Waals surface area contributed by atoms with Crippen LogP contribution in [0.25, 0.3) is 0 Å². The summed E-state index contributed by atoms with van der Waals surface area (Å²) in [4.78, 5) is 27.6. The zero-order chi connectivity index (χ0) is 21.8. The molecule has 2 heterocycles. The molecule has 0 bridgehead atoms. The standard InChI is InChI=1S/C23H22N2O5S/c26-22(24-12-14-31(28,29)19-9-2-1-3-10-19)20-15-17-7-4-5-8-18(17)16-25(20)23(27)21-11-6-13-30-21/h1-11,13,20H,12,14-16H2,(H,24,26). The van der Waals surface area contributed by atoms with E-state index in [-0.39, 0.29) is 35.4 Å². The predicted octanol–water partition coefficient (Wildman–Crippen LogP) is 2.44. The van der Waals surface area contributed by atoms with Gasteiger partial charge in [0.2, 0.25) is 5.91 Å². The van der Waals surface area contributed by atoms with Gasteiger partial charge in [0.1, 0.15) is 6.04 Å². The maximum absolute atomic E-state index is 13.0. The monoisotopic (exact) mass is 438 g/mol. The molecule has 1 aromatic heterocycles. The maximum atomic E-state index is 13.0. The molecule has 0 fully saturated rings. The molecule has 3 aromatic rings. The van der Waals surface area contributed by atoms with Crippen molar-refractivity contribution in [2.75, 3.05) is 12.3 Å². The molecule has 1 unspecified atom stereocenters. The van der Waals surface area contributed by atoms with Crippen molar-refractivity contribution in [3.05, 3.63) is 89.9 Å². The van der Waals surface area contributed by atoms with Gasteiger partial charge in [-0.1, -0.05) is 42.5 Å². The minimum absolute atomic E-state index is 0.0447. The van der Waals surface area contributed by atoms with Crippen LogP contribution in [0.2, 0.25) is 0 Å². The summed E-state index contributed by atoms with van der Waals surface area (Å²) in [6.45, 7) is 0.229. The molecule has 2 amide bonds. The number of hydrogen-bond donors (Lipinski definition) is 1. The van der Waals surface area contributed by atoms with Gasteiger partial charge >= 0.3 is 0 Å². The topological polar surface area (TPSA) is 96.7 Å². The number of rotatable bonds is 6. The maximum Gasteiger partial charge on any atom is 0.290 e. The lowest BCUT2D eigenvalue weighted by molar-refractivity contribution is -0.126. The quantitative estimate of drug-likeness (QED) is 0.638. The molecule has 0 saturated heterocycles. The molecule has 1 N–H and O–H groups in total. The van der Waals surface area contributed by atoms with E-state index in [1.165, 1.54) is 23.3 Å². The number of amides is 2. The van der Waals surface area contributed by atoms with Gasteiger partial charge < -0.3 is 14.6 Å². The van der Waals surface area contributed by atoms with Crippen molar-refractivity contribution >= 4 is 21.7 Å². The lowest BCUT2D eigenvalue weighted by Gasteiger charge is -2.35. The van der Waals surface area contributed by atoms with E-state index in [0.29, 0.717) is 6.42 Å². The van der Waals surface area contributed by atoms with E-state index in [1.807, 2.05) is 24.3 Å². The first-order chi connectivity index (χ1) is 15.0. The van der Waals surface area contributed by atoms with E-state index < -0.39 is 21.8 Å². The van der Waals surface area contributed by atoms with Gasteiger partial charge in [0.25, 0.3) is 5.91 Å².